The molecule has 1 aromatic heterocycles. The summed E-state index contributed by atoms with van der Waals surface area (Å²) < 4.78 is 6.34. The summed E-state index contributed by atoms with van der Waals surface area (Å²) in [5.74, 6) is 3.34. The number of amides is 1. The molecule has 25 heavy (non-hydrogen) atoms. The minimum atomic E-state index is -0.136. The first kappa shape index (κ1) is 15.6. The molecule has 1 N–H and O–H groups in total. The van der Waals surface area contributed by atoms with Gasteiger partial charge in [0.05, 0.1) is 22.7 Å². The van der Waals surface area contributed by atoms with Crippen LogP contribution in [0.3, 0.4) is 0 Å². The Hall–Kier alpha value is -1.62. The molecule has 4 aliphatic rings. The van der Waals surface area contributed by atoms with E-state index in [1.165, 1.54) is 25.7 Å². The average Bonchev–Trinajstić information content (AvgIpc) is 2.87. The van der Waals surface area contributed by atoms with Gasteiger partial charge >= 0.3 is 0 Å². The van der Waals surface area contributed by atoms with E-state index in [0.29, 0.717) is 0 Å². The van der Waals surface area contributed by atoms with E-state index in [1.54, 1.807) is 18.4 Å². The van der Waals surface area contributed by atoms with E-state index in [1.807, 2.05) is 18.2 Å². The summed E-state index contributed by atoms with van der Waals surface area (Å²) >= 11 is 1.54. The van der Waals surface area contributed by atoms with Gasteiger partial charge in [-0.05, 0) is 68.1 Å². The van der Waals surface area contributed by atoms with Gasteiger partial charge in [0.2, 0.25) is 5.91 Å². The number of aromatic nitrogens is 1. The maximum absolute atomic E-state index is 13.2. The molecule has 132 valence electrons. The predicted octanol–water partition coefficient (Wildman–Crippen LogP) is 4.85. The number of rotatable bonds is 3. The van der Waals surface area contributed by atoms with Crippen molar-refractivity contribution >= 4 is 32.6 Å². The molecular formula is C20H24N2O2S. The molecule has 2 unspecified atom stereocenters. The van der Waals surface area contributed by atoms with Gasteiger partial charge in [-0.15, -0.1) is 0 Å². The van der Waals surface area contributed by atoms with Crippen LogP contribution in [0.4, 0.5) is 5.13 Å². The van der Waals surface area contributed by atoms with Gasteiger partial charge in [0.1, 0.15) is 5.75 Å². The summed E-state index contributed by atoms with van der Waals surface area (Å²) in [6.45, 7) is 0. The number of carbonyl (C=O) groups is 1. The zero-order chi connectivity index (χ0) is 17.0. The van der Waals surface area contributed by atoms with Crippen molar-refractivity contribution in [2.75, 3.05) is 12.4 Å². The molecule has 4 fully saturated rings. The van der Waals surface area contributed by atoms with Crippen molar-refractivity contribution < 1.29 is 9.53 Å². The second-order valence-electron chi connectivity index (χ2n) is 8.35. The van der Waals surface area contributed by atoms with Crippen LogP contribution in [-0.4, -0.2) is 18.0 Å². The fourth-order valence-electron chi connectivity index (χ4n) is 5.78. The lowest BCUT2D eigenvalue weighted by molar-refractivity contribution is -0.132. The van der Waals surface area contributed by atoms with Crippen LogP contribution in [0.1, 0.15) is 44.9 Å². The van der Waals surface area contributed by atoms with E-state index in [9.17, 15) is 4.79 Å². The van der Waals surface area contributed by atoms with Crippen LogP contribution >= 0.6 is 11.3 Å². The molecule has 0 spiro atoms. The highest BCUT2D eigenvalue weighted by molar-refractivity contribution is 7.22. The fraction of sp³-hybridized carbons (Fsp3) is 0.600. The number of thiazole rings is 1. The number of methoxy groups -OCH3 is 1. The number of anilines is 1. The summed E-state index contributed by atoms with van der Waals surface area (Å²) in [7, 11) is 1.67. The van der Waals surface area contributed by atoms with Gasteiger partial charge in [0, 0.05) is 0 Å². The van der Waals surface area contributed by atoms with Crippen molar-refractivity contribution in [3.63, 3.8) is 0 Å². The molecule has 4 aliphatic carbocycles. The fourth-order valence-corrected chi connectivity index (χ4v) is 6.67. The number of nitrogens with one attached hydrogen (secondary N) is 1. The van der Waals surface area contributed by atoms with Crippen molar-refractivity contribution in [1.82, 2.24) is 4.98 Å². The van der Waals surface area contributed by atoms with Gasteiger partial charge in [-0.3, -0.25) is 4.79 Å². The first-order chi connectivity index (χ1) is 12.1. The molecule has 1 amide bonds. The summed E-state index contributed by atoms with van der Waals surface area (Å²) in [6, 6.07) is 5.85. The lowest BCUT2D eigenvalue weighted by Gasteiger charge is -2.46. The third-order valence-electron chi connectivity index (χ3n) is 6.65. The second kappa shape index (κ2) is 5.70. The largest absolute Gasteiger partial charge is 0.497 e. The standard InChI is InChI=1S/C20H24N2O2S/c1-24-15-4-5-16-17(8-15)25-19(21-16)22-18(23)20-9-12-2-3-13(10-20)7-14(6-12)11-20/h4-5,8,12-14H,2-3,6-7,9-11H2,1H3,(H,21,22,23)/t12-,13+,14?,20?. The summed E-state index contributed by atoms with van der Waals surface area (Å²) in [5, 5.41) is 3.91. The van der Waals surface area contributed by atoms with Gasteiger partial charge in [-0.1, -0.05) is 24.2 Å². The minimum Gasteiger partial charge on any atom is -0.497 e. The first-order valence-corrected chi connectivity index (χ1v) is 10.2. The molecule has 0 aliphatic heterocycles. The molecular weight excluding hydrogens is 332 g/mol. The summed E-state index contributed by atoms with van der Waals surface area (Å²) in [5.41, 5.74) is 0.784. The van der Waals surface area contributed by atoms with Crippen LogP contribution in [0.15, 0.2) is 18.2 Å². The molecule has 4 nitrogen and oxygen atoms in total. The van der Waals surface area contributed by atoms with Crippen LogP contribution in [0, 0.1) is 23.2 Å². The Bertz CT molecular complexity index is 814. The van der Waals surface area contributed by atoms with Gasteiger partial charge in [0.15, 0.2) is 5.13 Å². The monoisotopic (exact) mass is 356 g/mol. The molecule has 5 heteroatoms. The molecule has 0 radical (unpaired) electrons. The molecule has 1 heterocycles. The van der Waals surface area contributed by atoms with Crippen LogP contribution in [0.5, 0.6) is 5.75 Å². The van der Waals surface area contributed by atoms with Gasteiger partial charge in [0.25, 0.3) is 0 Å². The maximum Gasteiger partial charge on any atom is 0.232 e. The molecule has 2 aromatic rings. The Morgan fingerprint density at radius 1 is 1.20 bits per heavy atom. The molecule has 4 saturated carbocycles. The van der Waals surface area contributed by atoms with E-state index in [2.05, 4.69) is 10.3 Å². The number of ether oxygens (including phenoxy) is 1. The lowest BCUT2D eigenvalue weighted by atomic mass is 9.58. The highest BCUT2D eigenvalue weighted by Gasteiger charge is 2.52. The highest BCUT2D eigenvalue weighted by atomic mass is 32.1. The van der Waals surface area contributed by atoms with Crippen molar-refractivity contribution in [3.8, 4) is 5.75 Å². The number of hydrogen-bond acceptors (Lipinski definition) is 4. The number of carbonyl (C=O) groups excluding carboxylic acids is 1. The summed E-state index contributed by atoms with van der Waals surface area (Å²) in [6.07, 6.45) is 8.63. The first-order valence-electron chi connectivity index (χ1n) is 9.39. The smallest absolute Gasteiger partial charge is 0.232 e. The normalized spacial score (nSPS) is 33.4. The van der Waals surface area contributed by atoms with Gasteiger partial charge in [-0.2, -0.15) is 0 Å². The quantitative estimate of drug-likeness (QED) is 0.855. The Morgan fingerprint density at radius 3 is 2.64 bits per heavy atom. The SMILES string of the molecule is COc1ccc2nc(NC(=O)C34CC5C[C@@H](CC[C@@H](C5)C3)C4)sc2c1. The number of benzene rings is 1. The Kier molecular flexibility index (Phi) is 3.56. The Balaban J connectivity index is 1.41. The van der Waals surface area contributed by atoms with E-state index in [-0.39, 0.29) is 11.3 Å². The zero-order valence-corrected chi connectivity index (χ0v) is 15.4. The van der Waals surface area contributed by atoms with E-state index in [4.69, 9.17) is 4.74 Å². The van der Waals surface area contributed by atoms with Crippen LogP contribution < -0.4 is 10.1 Å². The van der Waals surface area contributed by atoms with E-state index in [0.717, 1.165) is 58.1 Å². The average molecular weight is 356 g/mol. The molecule has 1 aromatic carbocycles. The topological polar surface area (TPSA) is 51.2 Å². The molecule has 0 saturated heterocycles. The van der Waals surface area contributed by atoms with Crippen LogP contribution in [0.2, 0.25) is 0 Å². The lowest BCUT2D eigenvalue weighted by Crippen LogP contribution is -2.45. The predicted molar refractivity (Wildman–Crippen MR) is 100 cm³/mol. The third-order valence-corrected chi connectivity index (χ3v) is 7.59. The molecule has 4 bridgehead atoms. The van der Waals surface area contributed by atoms with Gasteiger partial charge in [-0.25, -0.2) is 4.98 Å². The summed E-state index contributed by atoms with van der Waals surface area (Å²) in [4.78, 5) is 17.9. The zero-order valence-electron chi connectivity index (χ0n) is 14.6. The number of fused-ring (bicyclic) bond motifs is 2. The number of nitrogens with zero attached hydrogens (tertiary/aromatic N) is 1. The van der Waals surface area contributed by atoms with Gasteiger partial charge < -0.3 is 10.1 Å². The van der Waals surface area contributed by atoms with Crippen molar-refractivity contribution in [2.24, 2.45) is 23.2 Å². The molecule has 4 atom stereocenters. The third kappa shape index (κ3) is 2.64. The van der Waals surface area contributed by atoms with E-state index >= 15 is 0 Å². The number of hydrogen-bond donors (Lipinski definition) is 1. The highest BCUT2D eigenvalue weighted by Crippen LogP contribution is 2.58. The minimum absolute atomic E-state index is 0.136. The second-order valence-corrected chi connectivity index (χ2v) is 9.38. The molecule has 6 rings (SSSR count). The van der Waals surface area contributed by atoms with E-state index < -0.39 is 0 Å². The maximum atomic E-state index is 13.2. The van der Waals surface area contributed by atoms with Crippen LogP contribution in [0.25, 0.3) is 10.2 Å². The van der Waals surface area contributed by atoms with Crippen molar-refractivity contribution in [2.45, 2.75) is 44.9 Å². The Morgan fingerprint density at radius 2 is 1.92 bits per heavy atom. The van der Waals surface area contributed by atoms with Crippen LogP contribution in [-0.2, 0) is 4.79 Å². The Labute approximate surface area is 152 Å². The van der Waals surface area contributed by atoms with Crippen molar-refractivity contribution in [1.29, 1.82) is 0 Å². The van der Waals surface area contributed by atoms with Crippen molar-refractivity contribution in [3.05, 3.63) is 18.2 Å².